The van der Waals surface area contributed by atoms with Crippen LogP contribution in [-0.4, -0.2) is 0 Å². The van der Waals surface area contributed by atoms with Crippen LogP contribution in [0, 0.1) is 0 Å². The Balaban J connectivity index is 2.00. The smallest absolute Gasteiger partial charge is 0.141 e. The minimum Gasteiger partial charge on any atom is -0.464 e. The summed E-state index contributed by atoms with van der Waals surface area (Å²) in [4.78, 5) is 0. The number of furan rings is 1. The van der Waals surface area contributed by atoms with E-state index in [-0.39, 0.29) is 0 Å². The molecular weight excluding hydrogens is 336 g/mol. The van der Waals surface area contributed by atoms with Gasteiger partial charge in [0.2, 0.25) is 0 Å². The van der Waals surface area contributed by atoms with Crippen molar-refractivity contribution in [1.29, 1.82) is 0 Å². The number of benzene rings is 4. The summed E-state index contributed by atoms with van der Waals surface area (Å²) in [6.07, 6.45) is 1.76. The van der Waals surface area contributed by atoms with Crippen molar-refractivity contribution in [3.8, 4) is 0 Å². The molecule has 0 amide bonds. The zero-order chi connectivity index (χ0) is 14.7. The van der Waals surface area contributed by atoms with Gasteiger partial charge in [-0.15, -0.1) is 0 Å². The second kappa shape index (κ2) is 4.34. The standard InChI is InChI=1S/C20H11BrO/c21-16-4-1-13-11-19-14(9-15(13)10-16)3-6-18-17(19)5-2-12-7-8-22-20(12)18/h1-11H. The van der Waals surface area contributed by atoms with Gasteiger partial charge in [0, 0.05) is 15.2 Å². The van der Waals surface area contributed by atoms with E-state index in [9.17, 15) is 0 Å². The molecule has 1 aromatic heterocycles. The van der Waals surface area contributed by atoms with Gasteiger partial charge in [0.25, 0.3) is 0 Å². The van der Waals surface area contributed by atoms with Crippen molar-refractivity contribution in [1.82, 2.24) is 0 Å². The third kappa shape index (κ3) is 1.65. The summed E-state index contributed by atoms with van der Waals surface area (Å²) >= 11 is 3.55. The molecule has 0 aliphatic carbocycles. The van der Waals surface area contributed by atoms with Crippen LogP contribution in [0.4, 0.5) is 0 Å². The second-order valence-electron chi connectivity index (χ2n) is 5.63. The predicted molar refractivity (Wildman–Crippen MR) is 96.4 cm³/mol. The van der Waals surface area contributed by atoms with Crippen LogP contribution in [0.3, 0.4) is 0 Å². The van der Waals surface area contributed by atoms with Gasteiger partial charge in [0.05, 0.1) is 6.26 Å². The van der Waals surface area contributed by atoms with Crippen molar-refractivity contribution in [3.63, 3.8) is 0 Å². The molecule has 0 N–H and O–H groups in total. The predicted octanol–water partition coefficient (Wildman–Crippen LogP) is 6.65. The average Bonchev–Trinajstić information content (AvgIpc) is 3.01. The molecule has 104 valence electrons. The Morgan fingerprint density at radius 1 is 0.591 bits per heavy atom. The summed E-state index contributed by atoms with van der Waals surface area (Å²) in [6, 6.07) is 21.6. The maximum Gasteiger partial charge on any atom is 0.141 e. The van der Waals surface area contributed by atoms with E-state index in [1.54, 1.807) is 6.26 Å². The lowest BCUT2D eigenvalue weighted by atomic mass is 9.97. The third-order valence-corrected chi connectivity index (χ3v) is 4.84. The Hall–Kier alpha value is -2.32. The van der Waals surface area contributed by atoms with E-state index in [2.05, 4.69) is 70.5 Å². The van der Waals surface area contributed by atoms with Crippen LogP contribution in [0.15, 0.2) is 75.8 Å². The monoisotopic (exact) mass is 346 g/mol. The van der Waals surface area contributed by atoms with E-state index in [4.69, 9.17) is 4.42 Å². The van der Waals surface area contributed by atoms with Gasteiger partial charge in [-0.1, -0.05) is 40.2 Å². The first-order valence-corrected chi connectivity index (χ1v) is 8.01. The molecule has 0 aliphatic heterocycles. The maximum absolute atomic E-state index is 5.68. The lowest BCUT2D eigenvalue weighted by Crippen LogP contribution is -1.80. The van der Waals surface area contributed by atoms with Gasteiger partial charge in [0.15, 0.2) is 0 Å². The normalized spacial score (nSPS) is 11.9. The van der Waals surface area contributed by atoms with Crippen molar-refractivity contribution in [2.45, 2.75) is 0 Å². The van der Waals surface area contributed by atoms with Crippen molar-refractivity contribution in [2.24, 2.45) is 0 Å². The molecule has 0 unspecified atom stereocenters. The summed E-state index contributed by atoms with van der Waals surface area (Å²) in [5.41, 5.74) is 0.968. The summed E-state index contributed by atoms with van der Waals surface area (Å²) in [5, 5.41) is 8.59. The molecule has 22 heavy (non-hydrogen) atoms. The minimum atomic E-state index is 0.968. The lowest BCUT2D eigenvalue weighted by Gasteiger charge is -2.07. The Labute approximate surface area is 135 Å². The van der Waals surface area contributed by atoms with Crippen LogP contribution in [-0.2, 0) is 0 Å². The van der Waals surface area contributed by atoms with E-state index in [1.807, 2.05) is 6.07 Å². The van der Waals surface area contributed by atoms with Crippen LogP contribution in [0.5, 0.6) is 0 Å². The number of halogens is 1. The summed E-state index contributed by atoms with van der Waals surface area (Å²) in [5.74, 6) is 0. The largest absolute Gasteiger partial charge is 0.464 e. The SMILES string of the molecule is Brc1ccc2cc3c(ccc4c3ccc3ccoc34)cc2c1. The zero-order valence-electron chi connectivity index (χ0n) is 11.6. The Morgan fingerprint density at radius 2 is 1.41 bits per heavy atom. The Morgan fingerprint density at radius 3 is 2.36 bits per heavy atom. The fourth-order valence-electron chi connectivity index (χ4n) is 3.29. The van der Waals surface area contributed by atoms with Crippen molar-refractivity contribution in [2.75, 3.05) is 0 Å². The molecule has 0 bridgehead atoms. The first-order chi connectivity index (χ1) is 10.8. The molecule has 0 saturated carbocycles. The Bertz CT molecular complexity index is 1180. The fourth-order valence-corrected chi connectivity index (χ4v) is 3.66. The number of hydrogen-bond donors (Lipinski definition) is 0. The Kier molecular flexibility index (Phi) is 2.42. The molecule has 0 atom stereocenters. The van der Waals surface area contributed by atoms with Crippen LogP contribution in [0.1, 0.15) is 0 Å². The highest BCUT2D eigenvalue weighted by Gasteiger charge is 2.08. The maximum atomic E-state index is 5.68. The summed E-state index contributed by atoms with van der Waals surface area (Å²) in [6.45, 7) is 0. The fraction of sp³-hybridized carbons (Fsp3) is 0. The highest BCUT2D eigenvalue weighted by molar-refractivity contribution is 9.10. The number of rotatable bonds is 0. The summed E-state index contributed by atoms with van der Waals surface area (Å²) < 4.78 is 6.79. The van der Waals surface area contributed by atoms with Crippen molar-refractivity contribution in [3.05, 3.63) is 71.4 Å². The van der Waals surface area contributed by atoms with Gasteiger partial charge in [-0.2, -0.15) is 0 Å². The van der Waals surface area contributed by atoms with Gasteiger partial charge < -0.3 is 4.42 Å². The quantitative estimate of drug-likeness (QED) is 0.226. The summed E-state index contributed by atoms with van der Waals surface area (Å²) in [7, 11) is 0. The molecule has 1 nitrogen and oxygen atoms in total. The molecule has 4 aromatic carbocycles. The van der Waals surface area contributed by atoms with Crippen LogP contribution in [0.2, 0.25) is 0 Å². The average molecular weight is 347 g/mol. The third-order valence-electron chi connectivity index (χ3n) is 4.35. The first kappa shape index (κ1) is 12.2. The molecule has 5 rings (SSSR count). The van der Waals surface area contributed by atoms with Crippen molar-refractivity contribution < 1.29 is 4.42 Å². The molecule has 0 aliphatic rings. The van der Waals surface area contributed by atoms with Crippen LogP contribution >= 0.6 is 15.9 Å². The van der Waals surface area contributed by atoms with Gasteiger partial charge in [-0.3, -0.25) is 0 Å². The van der Waals surface area contributed by atoms with Gasteiger partial charge >= 0.3 is 0 Å². The molecule has 0 spiro atoms. The van der Waals surface area contributed by atoms with E-state index in [0.29, 0.717) is 0 Å². The second-order valence-corrected chi connectivity index (χ2v) is 6.55. The van der Waals surface area contributed by atoms with E-state index >= 15 is 0 Å². The highest BCUT2D eigenvalue weighted by atomic mass is 79.9. The molecular formula is C20H11BrO. The van der Waals surface area contributed by atoms with E-state index < -0.39 is 0 Å². The molecule has 0 saturated heterocycles. The molecule has 5 aromatic rings. The highest BCUT2D eigenvalue weighted by Crippen LogP contribution is 2.34. The van der Waals surface area contributed by atoms with Crippen LogP contribution < -0.4 is 0 Å². The van der Waals surface area contributed by atoms with E-state index in [1.165, 1.54) is 32.3 Å². The lowest BCUT2D eigenvalue weighted by molar-refractivity contribution is 0.619. The van der Waals surface area contributed by atoms with Crippen molar-refractivity contribution >= 4 is 59.2 Å². The van der Waals surface area contributed by atoms with Gasteiger partial charge in [-0.25, -0.2) is 0 Å². The van der Waals surface area contributed by atoms with E-state index in [0.717, 1.165) is 15.4 Å². The number of fused-ring (bicyclic) bond motifs is 6. The molecule has 0 radical (unpaired) electrons. The van der Waals surface area contributed by atoms with Gasteiger partial charge in [0.1, 0.15) is 5.58 Å². The zero-order valence-corrected chi connectivity index (χ0v) is 13.2. The first-order valence-electron chi connectivity index (χ1n) is 7.21. The molecule has 1 heterocycles. The minimum absolute atomic E-state index is 0.968. The van der Waals surface area contributed by atoms with Gasteiger partial charge in [-0.05, 0) is 63.3 Å². The van der Waals surface area contributed by atoms with Crippen LogP contribution in [0.25, 0.3) is 43.3 Å². The number of hydrogen-bond acceptors (Lipinski definition) is 1. The molecule has 2 heteroatoms. The molecule has 0 fully saturated rings. The topological polar surface area (TPSA) is 13.1 Å².